The molecule has 3 N–H and O–H groups in total. The number of hydrogen-bond donors (Lipinski definition) is 3. The van der Waals surface area contributed by atoms with Gasteiger partial charge in [-0.1, -0.05) is 22.9 Å². The van der Waals surface area contributed by atoms with Gasteiger partial charge in [-0.15, -0.1) is 0 Å². The van der Waals surface area contributed by atoms with Crippen molar-refractivity contribution in [2.45, 2.75) is 6.92 Å². The predicted octanol–water partition coefficient (Wildman–Crippen LogP) is 2.43. The van der Waals surface area contributed by atoms with E-state index in [0.717, 1.165) is 0 Å². The van der Waals surface area contributed by atoms with Crippen molar-refractivity contribution in [3.63, 3.8) is 0 Å². The summed E-state index contributed by atoms with van der Waals surface area (Å²) in [6.45, 7) is 1.43. The molecule has 18 heavy (non-hydrogen) atoms. The van der Waals surface area contributed by atoms with Crippen LogP contribution in [-0.4, -0.2) is 23.7 Å². The number of amides is 2. The van der Waals surface area contributed by atoms with Crippen LogP contribution in [0.15, 0.2) is 22.7 Å². The minimum atomic E-state index is -1.01. The molecule has 1 atom stereocenters. The van der Waals surface area contributed by atoms with Crippen molar-refractivity contribution in [3.05, 3.63) is 28.5 Å². The first-order valence-corrected chi connectivity index (χ1v) is 5.92. The summed E-state index contributed by atoms with van der Waals surface area (Å²) in [6, 6.07) is 3.47. The molecule has 0 saturated heterocycles. The van der Waals surface area contributed by atoms with Gasteiger partial charge in [-0.25, -0.2) is 9.18 Å². The summed E-state index contributed by atoms with van der Waals surface area (Å²) in [4.78, 5) is 21.9. The van der Waals surface area contributed by atoms with Crippen LogP contribution in [0.4, 0.5) is 14.9 Å². The zero-order chi connectivity index (χ0) is 13.7. The number of nitrogens with one attached hydrogen (secondary N) is 2. The zero-order valence-electron chi connectivity index (χ0n) is 9.54. The lowest BCUT2D eigenvalue weighted by Gasteiger charge is -2.10. The molecule has 0 fully saturated rings. The number of hydrogen-bond acceptors (Lipinski definition) is 2. The Morgan fingerprint density at radius 1 is 1.50 bits per heavy atom. The summed E-state index contributed by atoms with van der Waals surface area (Å²) in [6.07, 6.45) is 0. The summed E-state index contributed by atoms with van der Waals surface area (Å²) >= 11 is 3.15. The summed E-state index contributed by atoms with van der Waals surface area (Å²) in [5.74, 6) is -2.29. The number of benzene rings is 1. The first kappa shape index (κ1) is 14.4. The maximum atomic E-state index is 13.3. The van der Waals surface area contributed by atoms with Crippen molar-refractivity contribution in [1.82, 2.24) is 5.32 Å². The number of aliphatic carboxylic acids is 1. The third kappa shape index (κ3) is 4.33. The quantitative estimate of drug-likeness (QED) is 0.797. The molecular weight excluding hydrogens is 307 g/mol. The Morgan fingerprint density at radius 2 is 2.17 bits per heavy atom. The lowest BCUT2D eigenvalue weighted by atomic mass is 10.2. The molecule has 0 radical (unpaired) electrons. The van der Waals surface area contributed by atoms with Gasteiger partial charge in [-0.3, -0.25) is 4.79 Å². The van der Waals surface area contributed by atoms with E-state index in [1.807, 2.05) is 0 Å². The van der Waals surface area contributed by atoms with Crippen molar-refractivity contribution in [1.29, 1.82) is 0 Å². The van der Waals surface area contributed by atoms with E-state index >= 15 is 0 Å². The molecule has 0 saturated carbocycles. The Kier molecular flexibility index (Phi) is 5.08. The van der Waals surface area contributed by atoms with Gasteiger partial charge in [0.2, 0.25) is 0 Å². The van der Waals surface area contributed by atoms with E-state index in [1.165, 1.54) is 25.1 Å². The molecule has 0 heterocycles. The highest BCUT2D eigenvalue weighted by atomic mass is 79.9. The lowest BCUT2D eigenvalue weighted by Crippen LogP contribution is -2.34. The van der Waals surface area contributed by atoms with Crippen molar-refractivity contribution < 1.29 is 19.1 Å². The molecule has 0 aromatic heterocycles. The minimum Gasteiger partial charge on any atom is -0.481 e. The molecule has 0 aliphatic carbocycles. The minimum absolute atomic E-state index is 0.0184. The van der Waals surface area contributed by atoms with E-state index in [1.54, 1.807) is 0 Å². The monoisotopic (exact) mass is 318 g/mol. The molecule has 1 aromatic carbocycles. The summed E-state index contributed by atoms with van der Waals surface area (Å²) in [7, 11) is 0. The van der Waals surface area contributed by atoms with Gasteiger partial charge in [0.15, 0.2) is 0 Å². The van der Waals surface area contributed by atoms with Crippen molar-refractivity contribution >= 4 is 33.6 Å². The molecule has 2 amide bonds. The van der Waals surface area contributed by atoms with E-state index in [0.29, 0.717) is 4.47 Å². The third-order valence-corrected chi connectivity index (χ3v) is 2.66. The van der Waals surface area contributed by atoms with Crippen LogP contribution in [0, 0.1) is 11.7 Å². The van der Waals surface area contributed by atoms with Gasteiger partial charge >= 0.3 is 12.0 Å². The van der Waals surface area contributed by atoms with Crippen molar-refractivity contribution in [2.24, 2.45) is 5.92 Å². The van der Waals surface area contributed by atoms with Crippen LogP contribution in [0.1, 0.15) is 6.92 Å². The standard InChI is InChI=1S/C11H12BrFN2O3/c1-6(10(16)17)5-14-11(18)15-9-4-7(12)2-3-8(9)13/h2-4,6H,5H2,1H3,(H,16,17)(H2,14,15,18). The average Bonchev–Trinajstić information content (AvgIpc) is 2.30. The molecule has 98 valence electrons. The van der Waals surface area contributed by atoms with Crippen LogP contribution in [-0.2, 0) is 4.79 Å². The Morgan fingerprint density at radius 3 is 2.78 bits per heavy atom. The fourth-order valence-electron chi connectivity index (χ4n) is 1.09. The molecule has 0 spiro atoms. The molecule has 7 heteroatoms. The Labute approximate surface area is 112 Å². The number of anilines is 1. The first-order chi connectivity index (χ1) is 8.40. The van der Waals surface area contributed by atoms with E-state index in [2.05, 4.69) is 26.6 Å². The predicted molar refractivity (Wildman–Crippen MR) is 67.9 cm³/mol. The highest BCUT2D eigenvalue weighted by molar-refractivity contribution is 9.10. The summed E-state index contributed by atoms with van der Waals surface area (Å²) in [5, 5.41) is 13.3. The van der Waals surface area contributed by atoms with E-state index in [4.69, 9.17) is 5.11 Å². The fourth-order valence-corrected chi connectivity index (χ4v) is 1.45. The second-order valence-electron chi connectivity index (χ2n) is 3.70. The van der Waals surface area contributed by atoms with Crippen LogP contribution in [0.2, 0.25) is 0 Å². The van der Waals surface area contributed by atoms with Crippen LogP contribution >= 0.6 is 15.9 Å². The molecule has 1 rings (SSSR count). The molecule has 0 aliphatic rings. The van der Waals surface area contributed by atoms with Crippen LogP contribution < -0.4 is 10.6 Å². The molecule has 0 aliphatic heterocycles. The maximum absolute atomic E-state index is 13.3. The smallest absolute Gasteiger partial charge is 0.319 e. The molecule has 5 nitrogen and oxygen atoms in total. The Balaban J connectivity index is 2.54. The van der Waals surface area contributed by atoms with Gasteiger partial charge in [0, 0.05) is 11.0 Å². The summed E-state index contributed by atoms with van der Waals surface area (Å²) < 4.78 is 13.9. The highest BCUT2D eigenvalue weighted by Crippen LogP contribution is 2.19. The molecule has 1 aromatic rings. The van der Waals surface area contributed by atoms with Crippen molar-refractivity contribution in [3.8, 4) is 0 Å². The van der Waals surface area contributed by atoms with Gasteiger partial charge < -0.3 is 15.7 Å². The Hall–Kier alpha value is -1.63. The SMILES string of the molecule is CC(CNC(=O)Nc1cc(Br)ccc1F)C(=O)O. The van der Waals surface area contributed by atoms with Crippen LogP contribution in [0.3, 0.4) is 0 Å². The second-order valence-corrected chi connectivity index (χ2v) is 4.61. The normalized spacial score (nSPS) is 11.7. The first-order valence-electron chi connectivity index (χ1n) is 5.13. The second kappa shape index (κ2) is 6.34. The maximum Gasteiger partial charge on any atom is 0.319 e. The molecule has 1 unspecified atom stereocenters. The highest BCUT2D eigenvalue weighted by Gasteiger charge is 2.13. The largest absolute Gasteiger partial charge is 0.481 e. The van der Waals surface area contributed by atoms with Gasteiger partial charge in [0.25, 0.3) is 0 Å². The topological polar surface area (TPSA) is 78.4 Å². The lowest BCUT2D eigenvalue weighted by molar-refractivity contribution is -0.140. The Bertz CT molecular complexity index is 468. The zero-order valence-corrected chi connectivity index (χ0v) is 11.1. The number of carboxylic acids is 1. The van der Waals surface area contributed by atoms with E-state index in [9.17, 15) is 14.0 Å². The third-order valence-electron chi connectivity index (χ3n) is 2.17. The van der Waals surface area contributed by atoms with Crippen LogP contribution in [0.5, 0.6) is 0 Å². The molecule has 0 bridgehead atoms. The summed E-state index contributed by atoms with van der Waals surface area (Å²) in [5.41, 5.74) is 0.0184. The van der Waals surface area contributed by atoms with Gasteiger partial charge in [-0.2, -0.15) is 0 Å². The fraction of sp³-hybridized carbons (Fsp3) is 0.273. The van der Waals surface area contributed by atoms with Crippen molar-refractivity contribution in [2.75, 3.05) is 11.9 Å². The number of rotatable bonds is 4. The number of carbonyl (C=O) groups excluding carboxylic acids is 1. The van der Waals surface area contributed by atoms with Gasteiger partial charge in [0.05, 0.1) is 11.6 Å². The van der Waals surface area contributed by atoms with Gasteiger partial charge in [0.1, 0.15) is 5.82 Å². The van der Waals surface area contributed by atoms with Crippen LogP contribution in [0.25, 0.3) is 0 Å². The number of urea groups is 1. The average molecular weight is 319 g/mol. The number of halogens is 2. The van der Waals surface area contributed by atoms with Gasteiger partial charge in [-0.05, 0) is 18.2 Å². The van der Waals surface area contributed by atoms with E-state index < -0.39 is 23.7 Å². The molecular formula is C11H12BrFN2O3. The van der Waals surface area contributed by atoms with E-state index in [-0.39, 0.29) is 12.2 Å². The number of carbonyl (C=O) groups is 2. The number of carboxylic acid groups (broad SMARTS) is 1.